The maximum Gasteiger partial charge on any atom is 0.311 e. The highest BCUT2D eigenvalue weighted by molar-refractivity contribution is 7.08. The number of rotatable bonds is 4. The third-order valence-electron chi connectivity index (χ3n) is 4.47. The molecule has 0 radical (unpaired) electrons. The van der Waals surface area contributed by atoms with Crippen LogP contribution in [0.5, 0.6) is 0 Å². The quantitative estimate of drug-likeness (QED) is 0.880. The molecule has 0 aliphatic carbocycles. The Morgan fingerprint density at radius 1 is 1.24 bits per heavy atom. The van der Waals surface area contributed by atoms with Gasteiger partial charge in [0.25, 0.3) is 11.8 Å². The topological polar surface area (TPSA) is 86.7 Å². The second kappa shape index (κ2) is 6.68. The van der Waals surface area contributed by atoms with Gasteiger partial charge < -0.3 is 15.3 Å². The first kappa shape index (κ1) is 17.2. The van der Waals surface area contributed by atoms with E-state index in [-0.39, 0.29) is 18.4 Å². The summed E-state index contributed by atoms with van der Waals surface area (Å²) in [4.78, 5) is 38.0. The lowest BCUT2D eigenvalue weighted by molar-refractivity contribution is -0.147. The van der Waals surface area contributed by atoms with Gasteiger partial charge in [-0.2, -0.15) is 11.3 Å². The van der Waals surface area contributed by atoms with Crippen LogP contribution in [0.2, 0.25) is 0 Å². The van der Waals surface area contributed by atoms with Crippen LogP contribution in [0.25, 0.3) is 0 Å². The molecule has 0 spiro atoms. The summed E-state index contributed by atoms with van der Waals surface area (Å²) in [6.45, 7) is 2.19. The summed E-state index contributed by atoms with van der Waals surface area (Å²) in [5, 5.41) is 15.6. The maximum atomic E-state index is 12.8. The van der Waals surface area contributed by atoms with Crippen LogP contribution >= 0.6 is 11.3 Å². The van der Waals surface area contributed by atoms with Gasteiger partial charge in [-0.25, -0.2) is 0 Å². The number of benzene rings is 1. The highest BCUT2D eigenvalue weighted by Crippen LogP contribution is 2.32. The molecule has 1 aliphatic rings. The van der Waals surface area contributed by atoms with E-state index >= 15 is 0 Å². The molecule has 1 unspecified atom stereocenters. The van der Waals surface area contributed by atoms with E-state index in [1.807, 2.05) is 5.38 Å². The summed E-state index contributed by atoms with van der Waals surface area (Å²) >= 11 is 1.42. The molecular formula is C18H18N2O4S. The molecule has 7 heteroatoms. The molecule has 25 heavy (non-hydrogen) atoms. The Balaban J connectivity index is 1.80. The van der Waals surface area contributed by atoms with Crippen molar-refractivity contribution in [2.45, 2.75) is 13.3 Å². The summed E-state index contributed by atoms with van der Waals surface area (Å²) in [6, 6.07) is 8.49. The lowest BCUT2D eigenvalue weighted by Crippen LogP contribution is -2.35. The highest BCUT2D eigenvalue weighted by atomic mass is 32.1. The number of carbonyl (C=O) groups is 3. The number of amides is 2. The molecule has 1 atom stereocenters. The number of aliphatic carboxylic acids is 1. The van der Waals surface area contributed by atoms with Crippen molar-refractivity contribution < 1.29 is 19.5 Å². The van der Waals surface area contributed by atoms with Crippen LogP contribution in [0.4, 0.5) is 5.69 Å². The van der Waals surface area contributed by atoms with Crippen LogP contribution in [0.3, 0.4) is 0 Å². The molecule has 1 aliphatic heterocycles. The Morgan fingerprint density at radius 2 is 2.00 bits per heavy atom. The molecule has 1 saturated heterocycles. The van der Waals surface area contributed by atoms with Gasteiger partial charge in [0.15, 0.2) is 0 Å². The number of nitrogens with zero attached hydrogens (tertiary/aromatic N) is 1. The number of carbonyl (C=O) groups excluding carboxylic acids is 2. The minimum absolute atomic E-state index is 0.161. The van der Waals surface area contributed by atoms with Crippen molar-refractivity contribution in [1.82, 2.24) is 4.90 Å². The third kappa shape index (κ3) is 3.41. The first-order valence-corrected chi connectivity index (χ1v) is 8.80. The first-order valence-electron chi connectivity index (χ1n) is 7.86. The number of thiophene rings is 1. The summed E-state index contributed by atoms with van der Waals surface area (Å²) in [7, 11) is 0. The Bertz CT molecular complexity index is 818. The molecule has 1 aromatic heterocycles. The molecule has 130 valence electrons. The van der Waals surface area contributed by atoms with Crippen molar-refractivity contribution >= 4 is 34.8 Å². The Labute approximate surface area is 149 Å². The van der Waals surface area contributed by atoms with E-state index in [1.54, 1.807) is 42.6 Å². The predicted molar refractivity (Wildman–Crippen MR) is 95.0 cm³/mol. The number of anilines is 1. The van der Waals surface area contributed by atoms with E-state index in [2.05, 4.69) is 5.32 Å². The molecule has 6 nitrogen and oxygen atoms in total. The number of hydrogen-bond donors (Lipinski definition) is 2. The number of carboxylic acids is 1. The van der Waals surface area contributed by atoms with Gasteiger partial charge in [-0.05, 0) is 36.9 Å². The fourth-order valence-corrected chi connectivity index (χ4v) is 3.48. The number of hydrogen-bond acceptors (Lipinski definition) is 4. The van der Waals surface area contributed by atoms with Crippen molar-refractivity contribution in [2.24, 2.45) is 5.41 Å². The molecule has 1 fully saturated rings. The second-order valence-corrected chi connectivity index (χ2v) is 7.13. The third-order valence-corrected chi connectivity index (χ3v) is 5.15. The molecule has 2 amide bonds. The Hall–Kier alpha value is -2.67. The molecule has 2 aromatic rings. The van der Waals surface area contributed by atoms with Crippen LogP contribution < -0.4 is 5.32 Å². The van der Waals surface area contributed by atoms with E-state index in [0.29, 0.717) is 29.8 Å². The van der Waals surface area contributed by atoms with E-state index < -0.39 is 11.4 Å². The lowest BCUT2D eigenvalue weighted by atomic mass is 9.90. The lowest BCUT2D eigenvalue weighted by Gasteiger charge is -2.21. The molecule has 0 saturated carbocycles. The Kier molecular flexibility index (Phi) is 4.59. The van der Waals surface area contributed by atoms with Gasteiger partial charge in [0.2, 0.25) is 0 Å². The molecule has 0 bridgehead atoms. The zero-order valence-corrected chi connectivity index (χ0v) is 14.5. The second-order valence-electron chi connectivity index (χ2n) is 6.35. The van der Waals surface area contributed by atoms with Gasteiger partial charge in [0.1, 0.15) is 0 Å². The van der Waals surface area contributed by atoms with Gasteiger partial charge in [0, 0.05) is 18.5 Å². The summed E-state index contributed by atoms with van der Waals surface area (Å²) in [6.07, 6.45) is 0.414. The fraction of sp³-hybridized carbons (Fsp3) is 0.278. The number of likely N-dealkylation sites (tertiary alicyclic amines) is 1. The standard InChI is InChI=1S/C18H18N2O4S/c1-18(17(23)24)7-8-20(11-18)16(22)13-4-2-3-5-14(13)19-15(21)12-6-9-25-10-12/h2-6,9-10H,7-8,11H2,1H3,(H,19,21)(H,23,24). The zero-order valence-electron chi connectivity index (χ0n) is 13.7. The van der Waals surface area contributed by atoms with Gasteiger partial charge >= 0.3 is 5.97 Å². The van der Waals surface area contributed by atoms with E-state index in [0.717, 1.165) is 0 Å². The van der Waals surface area contributed by atoms with Crippen molar-refractivity contribution in [3.8, 4) is 0 Å². The zero-order chi connectivity index (χ0) is 18.0. The summed E-state index contributed by atoms with van der Waals surface area (Å²) < 4.78 is 0. The average molecular weight is 358 g/mol. The number of para-hydroxylation sites is 1. The van der Waals surface area contributed by atoms with Gasteiger partial charge in [-0.3, -0.25) is 14.4 Å². The average Bonchev–Trinajstić information content (AvgIpc) is 3.25. The molecule has 2 N–H and O–H groups in total. The molecule has 1 aromatic carbocycles. The van der Waals surface area contributed by atoms with E-state index in [1.165, 1.54) is 16.2 Å². The van der Waals surface area contributed by atoms with E-state index in [4.69, 9.17) is 0 Å². The van der Waals surface area contributed by atoms with Crippen LogP contribution in [0, 0.1) is 5.41 Å². The van der Waals surface area contributed by atoms with Crippen LogP contribution in [-0.2, 0) is 4.79 Å². The highest BCUT2D eigenvalue weighted by Gasteiger charge is 2.42. The normalized spacial score (nSPS) is 19.6. The van der Waals surface area contributed by atoms with Gasteiger partial charge in [0.05, 0.1) is 22.2 Å². The first-order chi connectivity index (χ1) is 11.9. The largest absolute Gasteiger partial charge is 0.481 e. The van der Waals surface area contributed by atoms with Crippen molar-refractivity contribution in [3.05, 3.63) is 52.2 Å². The smallest absolute Gasteiger partial charge is 0.311 e. The number of nitrogens with one attached hydrogen (secondary N) is 1. The summed E-state index contributed by atoms with van der Waals surface area (Å²) in [5.74, 6) is -1.45. The minimum atomic E-state index is -0.926. The van der Waals surface area contributed by atoms with Crippen molar-refractivity contribution in [1.29, 1.82) is 0 Å². The molecule has 3 rings (SSSR count). The minimum Gasteiger partial charge on any atom is -0.481 e. The monoisotopic (exact) mass is 358 g/mol. The van der Waals surface area contributed by atoms with Crippen LogP contribution in [0.15, 0.2) is 41.1 Å². The maximum absolute atomic E-state index is 12.8. The fourth-order valence-electron chi connectivity index (χ4n) is 2.85. The van der Waals surface area contributed by atoms with Crippen molar-refractivity contribution in [3.63, 3.8) is 0 Å². The summed E-state index contributed by atoms with van der Waals surface area (Å²) in [5.41, 5.74) is 0.394. The van der Waals surface area contributed by atoms with Gasteiger partial charge in [-0.1, -0.05) is 12.1 Å². The SMILES string of the molecule is CC1(C(=O)O)CCN(C(=O)c2ccccc2NC(=O)c2ccsc2)C1. The Morgan fingerprint density at radius 3 is 2.64 bits per heavy atom. The van der Waals surface area contributed by atoms with Gasteiger partial charge in [-0.15, -0.1) is 0 Å². The van der Waals surface area contributed by atoms with Crippen molar-refractivity contribution in [2.75, 3.05) is 18.4 Å². The van der Waals surface area contributed by atoms with E-state index in [9.17, 15) is 19.5 Å². The predicted octanol–water partition coefficient (Wildman–Crippen LogP) is 2.94. The van der Waals surface area contributed by atoms with Crippen LogP contribution in [-0.4, -0.2) is 40.9 Å². The van der Waals surface area contributed by atoms with Crippen LogP contribution in [0.1, 0.15) is 34.1 Å². The number of carboxylic acid groups (broad SMARTS) is 1. The molecular weight excluding hydrogens is 340 g/mol. The molecule has 2 heterocycles.